The molecule has 0 atom stereocenters. The zero-order chi connectivity index (χ0) is 13.9. The third-order valence-electron chi connectivity index (χ3n) is 2.94. The Morgan fingerprint density at radius 1 is 1.05 bits per heavy atom. The van der Waals surface area contributed by atoms with E-state index in [0.29, 0.717) is 0 Å². The van der Waals surface area contributed by atoms with Crippen LogP contribution < -0.4 is 4.74 Å². The maximum atomic E-state index is 13.2. The topological polar surface area (TPSA) is 22.1 Å². The lowest BCUT2D eigenvalue weighted by molar-refractivity contribution is 0.415. The molecule has 4 heteroatoms. The minimum Gasteiger partial charge on any atom is -0.497 e. The lowest BCUT2D eigenvalue weighted by atomic mass is 10.1. The van der Waals surface area contributed by atoms with Crippen LogP contribution in [-0.4, -0.2) is 12.1 Å². The molecule has 1 aromatic heterocycles. The summed E-state index contributed by atoms with van der Waals surface area (Å²) in [6.45, 7) is 0. The highest BCUT2D eigenvalue weighted by atomic mass is 32.1. The van der Waals surface area contributed by atoms with Crippen LogP contribution in [0, 0.1) is 5.82 Å². The molecule has 20 heavy (non-hydrogen) atoms. The van der Waals surface area contributed by atoms with Gasteiger partial charge in [-0.25, -0.2) is 9.37 Å². The molecule has 100 valence electrons. The molecule has 3 aromatic rings. The van der Waals surface area contributed by atoms with E-state index in [1.165, 1.54) is 23.5 Å². The van der Waals surface area contributed by atoms with E-state index in [1.807, 2.05) is 35.7 Å². The van der Waals surface area contributed by atoms with Crippen molar-refractivity contribution in [2.24, 2.45) is 0 Å². The fourth-order valence-corrected chi connectivity index (χ4v) is 2.77. The fourth-order valence-electron chi connectivity index (χ4n) is 1.94. The molecule has 0 N–H and O–H groups in total. The van der Waals surface area contributed by atoms with Gasteiger partial charge >= 0.3 is 0 Å². The van der Waals surface area contributed by atoms with E-state index in [1.54, 1.807) is 13.2 Å². The zero-order valence-corrected chi connectivity index (χ0v) is 11.7. The summed E-state index contributed by atoms with van der Waals surface area (Å²) in [5.41, 5.74) is 2.65. The van der Waals surface area contributed by atoms with Crippen LogP contribution >= 0.6 is 11.3 Å². The fraction of sp³-hybridized carbons (Fsp3) is 0.0625. The third kappa shape index (κ3) is 2.56. The van der Waals surface area contributed by atoms with Gasteiger partial charge in [0.05, 0.1) is 12.8 Å². The monoisotopic (exact) mass is 285 g/mol. The molecule has 0 saturated carbocycles. The van der Waals surface area contributed by atoms with Crippen molar-refractivity contribution < 1.29 is 9.13 Å². The average molecular weight is 285 g/mol. The number of ether oxygens (including phenoxy) is 1. The summed E-state index contributed by atoms with van der Waals surface area (Å²) in [6, 6.07) is 14.2. The van der Waals surface area contributed by atoms with E-state index in [4.69, 9.17) is 4.74 Å². The Kier molecular flexibility index (Phi) is 3.48. The van der Waals surface area contributed by atoms with E-state index in [9.17, 15) is 4.39 Å². The number of aromatic nitrogens is 1. The summed E-state index contributed by atoms with van der Waals surface area (Å²) in [5.74, 6) is 0.545. The smallest absolute Gasteiger partial charge is 0.124 e. The lowest BCUT2D eigenvalue weighted by Gasteiger charge is -2.01. The first-order valence-corrected chi connectivity index (χ1v) is 7.00. The van der Waals surface area contributed by atoms with Gasteiger partial charge in [-0.05, 0) is 24.3 Å². The average Bonchev–Trinajstić information content (AvgIpc) is 2.97. The molecular formula is C16H12FNOS. The van der Waals surface area contributed by atoms with Crippen molar-refractivity contribution in [2.45, 2.75) is 0 Å². The number of methoxy groups -OCH3 is 1. The van der Waals surface area contributed by atoms with Crippen molar-refractivity contribution >= 4 is 11.3 Å². The largest absolute Gasteiger partial charge is 0.497 e. The summed E-state index contributed by atoms with van der Waals surface area (Å²) >= 11 is 1.50. The number of hydrogen-bond donors (Lipinski definition) is 0. The number of hydrogen-bond acceptors (Lipinski definition) is 3. The maximum absolute atomic E-state index is 13.2. The molecule has 0 aliphatic carbocycles. The minimum atomic E-state index is -0.249. The molecule has 0 aliphatic heterocycles. The molecule has 0 spiro atoms. The van der Waals surface area contributed by atoms with Gasteiger partial charge in [0.25, 0.3) is 0 Å². The van der Waals surface area contributed by atoms with E-state index >= 15 is 0 Å². The van der Waals surface area contributed by atoms with Gasteiger partial charge in [0, 0.05) is 16.5 Å². The van der Waals surface area contributed by atoms with Crippen molar-refractivity contribution in [2.75, 3.05) is 7.11 Å². The third-order valence-corrected chi connectivity index (χ3v) is 3.83. The van der Waals surface area contributed by atoms with Gasteiger partial charge < -0.3 is 4.74 Å². The Morgan fingerprint density at radius 2 is 1.85 bits per heavy atom. The van der Waals surface area contributed by atoms with Crippen LogP contribution in [0.4, 0.5) is 4.39 Å². The molecule has 1 heterocycles. The van der Waals surface area contributed by atoms with Crippen LogP contribution in [0.2, 0.25) is 0 Å². The first-order valence-electron chi connectivity index (χ1n) is 6.12. The highest BCUT2D eigenvalue weighted by Crippen LogP contribution is 2.30. The van der Waals surface area contributed by atoms with Crippen LogP contribution in [0.3, 0.4) is 0 Å². The summed E-state index contributed by atoms with van der Waals surface area (Å²) in [7, 11) is 1.64. The molecule has 2 nitrogen and oxygen atoms in total. The zero-order valence-electron chi connectivity index (χ0n) is 10.8. The minimum absolute atomic E-state index is 0.249. The van der Waals surface area contributed by atoms with Gasteiger partial charge in [-0.15, -0.1) is 11.3 Å². The molecular weight excluding hydrogens is 273 g/mol. The lowest BCUT2D eigenvalue weighted by Crippen LogP contribution is -1.84. The molecule has 2 aromatic carbocycles. The SMILES string of the molecule is COc1cccc(-c2csc(-c3cccc(F)c3)n2)c1. The van der Waals surface area contributed by atoms with Crippen LogP contribution in [0.5, 0.6) is 5.75 Å². The van der Waals surface area contributed by atoms with E-state index < -0.39 is 0 Å². The second kappa shape index (κ2) is 5.43. The van der Waals surface area contributed by atoms with E-state index in [2.05, 4.69) is 4.98 Å². The second-order valence-corrected chi connectivity index (χ2v) is 5.14. The Bertz CT molecular complexity index is 739. The molecule has 0 fully saturated rings. The Morgan fingerprint density at radius 3 is 2.65 bits per heavy atom. The van der Waals surface area contributed by atoms with Gasteiger partial charge in [-0.2, -0.15) is 0 Å². The van der Waals surface area contributed by atoms with Crippen molar-refractivity contribution in [1.29, 1.82) is 0 Å². The Labute approximate surface area is 120 Å². The van der Waals surface area contributed by atoms with Crippen LogP contribution in [0.1, 0.15) is 0 Å². The molecule has 0 radical (unpaired) electrons. The Hall–Kier alpha value is -2.20. The van der Waals surface area contributed by atoms with Crippen molar-refractivity contribution in [3.05, 3.63) is 59.7 Å². The van der Waals surface area contributed by atoms with Crippen LogP contribution in [0.25, 0.3) is 21.8 Å². The molecule has 0 unspecified atom stereocenters. The normalized spacial score (nSPS) is 10.5. The number of nitrogens with zero attached hydrogens (tertiary/aromatic N) is 1. The van der Waals surface area contributed by atoms with E-state index in [-0.39, 0.29) is 5.82 Å². The van der Waals surface area contributed by atoms with Crippen molar-refractivity contribution in [3.63, 3.8) is 0 Å². The standard InChI is InChI=1S/C16H12FNOS/c1-19-14-7-3-4-11(9-14)15-10-20-16(18-15)12-5-2-6-13(17)8-12/h2-10H,1H3. The second-order valence-electron chi connectivity index (χ2n) is 4.28. The molecule has 0 amide bonds. The maximum Gasteiger partial charge on any atom is 0.124 e. The summed E-state index contributed by atoms with van der Waals surface area (Å²) in [5, 5.41) is 2.77. The predicted octanol–water partition coefficient (Wildman–Crippen LogP) is 4.62. The summed E-state index contributed by atoms with van der Waals surface area (Å²) < 4.78 is 18.5. The summed E-state index contributed by atoms with van der Waals surface area (Å²) in [6.07, 6.45) is 0. The van der Waals surface area contributed by atoms with E-state index in [0.717, 1.165) is 27.6 Å². The number of rotatable bonds is 3. The molecule has 0 saturated heterocycles. The van der Waals surface area contributed by atoms with Crippen molar-refractivity contribution in [1.82, 2.24) is 4.98 Å². The Balaban J connectivity index is 1.97. The number of benzene rings is 2. The van der Waals surface area contributed by atoms with Crippen molar-refractivity contribution in [3.8, 4) is 27.6 Å². The quantitative estimate of drug-likeness (QED) is 0.700. The highest BCUT2D eigenvalue weighted by Gasteiger charge is 2.08. The number of thiazole rings is 1. The van der Waals surface area contributed by atoms with Gasteiger partial charge in [0.2, 0.25) is 0 Å². The van der Waals surface area contributed by atoms with Gasteiger partial charge in [-0.3, -0.25) is 0 Å². The van der Waals surface area contributed by atoms with Gasteiger partial charge in [0.1, 0.15) is 16.6 Å². The highest BCUT2D eigenvalue weighted by molar-refractivity contribution is 7.13. The van der Waals surface area contributed by atoms with Crippen LogP contribution in [0.15, 0.2) is 53.9 Å². The van der Waals surface area contributed by atoms with Gasteiger partial charge in [-0.1, -0.05) is 24.3 Å². The molecule has 0 aliphatic rings. The van der Waals surface area contributed by atoms with Crippen LogP contribution in [-0.2, 0) is 0 Å². The first-order chi connectivity index (χ1) is 9.76. The molecule has 3 rings (SSSR count). The molecule has 0 bridgehead atoms. The first kappa shape index (κ1) is 12.8. The summed E-state index contributed by atoms with van der Waals surface area (Å²) in [4.78, 5) is 4.56. The number of halogens is 1. The predicted molar refractivity (Wildman–Crippen MR) is 79.5 cm³/mol. The van der Waals surface area contributed by atoms with Gasteiger partial charge in [0.15, 0.2) is 0 Å².